The van der Waals surface area contributed by atoms with E-state index in [9.17, 15) is 4.79 Å². The van der Waals surface area contributed by atoms with Crippen molar-refractivity contribution >= 4 is 17.7 Å². The molecule has 0 spiro atoms. The molecular formula is C11H19NO2S. The molecule has 1 aliphatic heterocycles. The lowest BCUT2D eigenvalue weighted by Crippen LogP contribution is -2.51. The van der Waals surface area contributed by atoms with Gasteiger partial charge in [-0.05, 0) is 25.7 Å². The smallest absolute Gasteiger partial charge is 0.323 e. The Morgan fingerprint density at radius 2 is 2.27 bits per heavy atom. The summed E-state index contributed by atoms with van der Waals surface area (Å²) in [7, 11) is 1.50. The molecule has 2 unspecified atom stereocenters. The maximum Gasteiger partial charge on any atom is 0.323 e. The number of carbonyl (C=O) groups is 1. The minimum atomic E-state index is -0.0312. The molecule has 0 aromatic heterocycles. The number of ether oxygens (including phenoxy) is 1. The molecule has 86 valence electrons. The predicted octanol–water partition coefficient (Wildman–Crippen LogP) is 1.38. The molecule has 2 rings (SSSR count). The zero-order valence-electron chi connectivity index (χ0n) is 9.44. The van der Waals surface area contributed by atoms with Crippen LogP contribution < -0.4 is 0 Å². The van der Waals surface area contributed by atoms with Crippen LogP contribution in [0.5, 0.6) is 0 Å². The molecule has 1 heterocycles. The maximum atomic E-state index is 11.8. The molecule has 0 amide bonds. The molecule has 2 fully saturated rings. The molecule has 3 nitrogen and oxygen atoms in total. The van der Waals surface area contributed by atoms with Gasteiger partial charge in [-0.2, -0.15) is 11.8 Å². The van der Waals surface area contributed by atoms with Gasteiger partial charge in [0.1, 0.15) is 6.04 Å². The molecule has 0 aromatic rings. The number of thioether (sulfide) groups is 1. The Balaban J connectivity index is 2.05. The molecule has 2 atom stereocenters. The van der Waals surface area contributed by atoms with Gasteiger partial charge < -0.3 is 4.74 Å². The number of esters is 1. The summed E-state index contributed by atoms with van der Waals surface area (Å²) in [5.74, 6) is 2.81. The highest BCUT2D eigenvalue weighted by molar-refractivity contribution is 7.99. The van der Waals surface area contributed by atoms with Crippen molar-refractivity contribution in [3.8, 4) is 0 Å². The van der Waals surface area contributed by atoms with Gasteiger partial charge in [0.25, 0.3) is 0 Å². The highest BCUT2D eigenvalue weighted by Gasteiger charge is 2.42. The first-order valence-electron chi connectivity index (χ1n) is 5.65. The first-order chi connectivity index (χ1) is 7.24. The lowest BCUT2D eigenvalue weighted by molar-refractivity contribution is -0.148. The van der Waals surface area contributed by atoms with E-state index in [0.717, 1.165) is 18.1 Å². The Morgan fingerprint density at radius 3 is 2.80 bits per heavy atom. The van der Waals surface area contributed by atoms with E-state index in [4.69, 9.17) is 4.74 Å². The summed E-state index contributed by atoms with van der Waals surface area (Å²) in [6, 6.07) is 0.541. The van der Waals surface area contributed by atoms with Crippen LogP contribution in [0.1, 0.15) is 19.8 Å². The van der Waals surface area contributed by atoms with Crippen molar-refractivity contribution in [2.75, 3.05) is 25.2 Å². The topological polar surface area (TPSA) is 29.5 Å². The minimum absolute atomic E-state index is 0.0312. The van der Waals surface area contributed by atoms with E-state index in [1.54, 1.807) is 0 Å². The fourth-order valence-electron chi connectivity index (χ4n) is 2.28. The van der Waals surface area contributed by atoms with Gasteiger partial charge in [-0.3, -0.25) is 9.69 Å². The average molecular weight is 229 g/mol. The Bertz CT molecular complexity index is 243. The number of methoxy groups -OCH3 is 1. The van der Waals surface area contributed by atoms with Crippen LogP contribution in [-0.4, -0.2) is 48.1 Å². The summed E-state index contributed by atoms with van der Waals surface area (Å²) in [4.78, 5) is 14.1. The van der Waals surface area contributed by atoms with E-state index in [0.29, 0.717) is 12.0 Å². The summed E-state index contributed by atoms with van der Waals surface area (Å²) in [6.07, 6.45) is 2.38. The molecule has 4 heteroatoms. The van der Waals surface area contributed by atoms with Gasteiger partial charge in [-0.1, -0.05) is 0 Å². The summed E-state index contributed by atoms with van der Waals surface area (Å²) in [6.45, 7) is 3.24. The Morgan fingerprint density at radius 1 is 1.53 bits per heavy atom. The SMILES string of the molecule is COC(=O)C(C1CC1)N1CCSCC1C. The first-order valence-corrected chi connectivity index (χ1v) is 6.81. The Hall–Kier alpha value is -0.220. The number of hydrogen-bond donors (Lipinski definition) is 0. The lowest BCUT2D eigenvalue weighted by Gasteiger charge is -2.37. The van der Waals surface area contributed by atoms with Crippen LogP contribution in [0.2, 0.25) is 0 Å². The fourth-order valence-corrected chi connectivity index (χ4v) is 3.32. The van der Waals surface area contributed by atoms with E-state index in [1.807, 2.05) is 11.8 Å². The molecule has 2 aliphatic rings. The standard InChI is InChI=1S/C11H19NO2S/c1-8-7-15-6-5-12(8)10(9-3-4-9)11(13)14-2/h8-10H,3-7H2,1-2H3. The molecule has 0 aromatic carbocycles. The van der Waals surface area contributed by atoms with Crippen molar-refractivity contribution in [3.63, 3.8) is 0 Å². The van der Waals surface area contributed by atoms with Crippen LogP contribution in [0.4, 0.5) is 0 Å². The Kier molecular flexibility index (Phi) is 3.57. The van der Waals surface area contributed by atoms with Crippen molar-refractivity contribution in [3.05, 3.63) is 0 Å². The van der Waals surface area contributed by atoms with E-state index < -0.39 is 0 Å². The second kappa shape index (κ2) is 4.74. The third-order valence-electron chi connectivity index (χ3n) is 3.29. The lowest BCUT2D eigenvalue weighted by atomic mass is 10.1. The molecule has 1 aliphatic carbocycles. The number of rotatable bonds is 3. The van der Waals surface area contributed by atoms with E-state index >= 15 is 0 Å². The summed E-state index contributed by atoms with van der Waals surface area (Å²) < 4.78 is 4.93. The number of nitrogens with zero attached hydrogens (tertiary/aromatic N) is 1. The molecule has 0 N–H and O–H groups in total. The first kappa shape index (κ1) is 11.3. The molecule has 15 heavy (non-hydrogen) atoms. The van der Waals surface area contributed by atoms with Crippen LogP contribution in [-0.2, 0) is 9.53 Å². The van der Waals surface area contributed by atoms with Crippen LogP contribution in [0, 0.1) is 5.92 Å². The van der Waals surface area contributed by atoms with Gasteiger partial charge >= 0.3 is 5.97 Å². The predicted molar refractivity (Wildman–Crippen MR) is 62.0 cm³/mol. The summed E-state index contributed by atoms with van der Waals surface area (Å²) in [5, 5.41) is 0. The third kappa shape index (κ3) is 2.48. The van der Waals surface area contributed by atoms with Gasteiger partial charge in [-0.25, -0.2) is 0 Å². The maximum absolute atomic E-state index is 11.8. The molecule has 1 saturated carbocycles. The number of carbonyl (C=O) groups excluding carboxylic acids is 1. The van der Waals surface area contributed by atoms with Crippen LogP contribution in [0.25, 0.3) is 0 Å². The molecule has 0 bridgehead atoms. The summed E-state index contributed by atoms with van der Waals surface area (Å²) >= 11 is 1.98. The van der Waals surface area contributed by atoms with Crippen molar-refractivity contribution < 1.29 is 9.53 Å². The van der Waals surface area contributed by atoms with Gasteiger partial charge in [0.05, 0.1) is 7.11 Å². The monoisotopic (exact) mass is 229 g/mol. The summed E-state index contributed by atoms with van der Waals surface area (Å²) in [5.41, 5.74) is 0. The fraction of sp³-hybridized carbons (Fsp3) is 0.909. The highest BCUT2D eigenvalue weighted by Crippen LogP contribution is 2.37. The van der Waals surface area contributed by atoms with E-state index in [1.165, 1.54) is 20.0 Å². The third-order valence-corrected chi connectivity index (χ3v) is 4.48. The second-order valence-electron chi connectivity index (χ2n) is 4.47. The van der Waals surface area contributed by atoms with E-state index in [2.05, 4.69) is 11.8 Å². The van der Waals surface area contributed by atoms with Gasteiger partial charge in [0.2, 0.25) is 0 Å². The largest absolute Gasteiger partial charge is 0.468 e. The quantitative estimate of drug-likeness (QED) is 0.684. The van der Waals surface area contributed by atoms with Gasteiger partial charge in [-0.15, -0.1) is 0 Å². The normalized spacial score (nSPS) is 29.9. The van der Waals surface area contributed by atoms with Crippen molar-refractivity contribution in [2.45, 2.75) is 31.8 Å². The van der Waals surface area contributed by atoms with Crippen molar-refractivity contribution in [1.82, 2.24) is 4.90 Å². The van der Waals surface area contributed by atoms with Crippen molar-refractivity contribution in [1.29, 1.82) is 0 Å². The van der Waals surface area contributed by atoms with E-state index in [-0.39, 0.29) is 12.0 Å². The molecule has 0 radical (unpaired) electrons. The number of hydrogen-bond acceptors (Lipinski definition) is 4. The minimum Gasteiger partial charge on any atom is -0.468 e. The van der Waals surface area contributed by atoms with Crippen LogP contribution >= 0.6 is 11.8 Å². The zero-order chi connectivity index (χ0) is 10.8. The Labute approximate surface area is 95.5 Å². The van der Waals surface area contributed by atoms with Crippen LogP contribution in [0.3, 0.4) is 0 Å². The van der Waals surface area contributed by atoms with Crippen molar-refractivity contribution in [2.24, 2.45) is 5.92 Å². The molecular weight excluding hydrogens is 210 g/mol. The zero-order valence-corrected chi connectivity index (χ0v) is 10.3. The van der Waals surface area contributed by atoms with Crippen LogP contribution in [0.15, 0.2) is 0 Å². The average Bonchev–Trinajstić information content (AvgIpc) is 3.05. The second-order valence-corrected chi connectivity index (χ2v) is 5.62. The molecule has 1 saturated heterocycles. The van der Waals surface area contributed by atoms with Gasteiger partial charge in [0.15, 0.2) is 0 Å². The van der Waals surface area contributed by atoms with Gasteiger partial charge in [0, 0.05) is 24.1 Å². The highest BCUT2D eigenvalue weighted by atomic mass is 32.2.